The second-order valence-corrected chi connectivity index (χ2v) is 5.86. The molecule has 2 rings (SSSR count). The van der Waals surface area contributed by atoms with Crippen LogP contribution in [0.5, 0.6) is 11.5 Å². The molecule has 0 saturated heterocycles. The van der Waals surface area contributed by atoms with Crippen LogP contribution in [0.3, 0.4) is 0 Å². The highest BCUT2D eigenvalue weighted by atomic mass is 79.9. The Balaban J connectivity index is 2.06. The van der Waals surface area contributed by atoms with Crippen LogP contribution >= 0.6 is 15.9 Å². The number of phenols is 2. The van der Waals surface area contributed by atoms with E-state index in [-0.39, 0.29) is 17.1 Å². The van der Waals surface area contributed by atoms with Gasteiger partial charge in [0.05, 0.1) is 17.5 Å². The molecule has 2 aromatic carbocycles. The van der Waals surface area contributed by atoms with Crippen molar-refractivity contribution >= 4 is 33.7 Å². The number of halogens is 1. The Morgan fingerprint density at radius 2 is 1.96 bits per heavy atom. The van der Waals surface area contributed by atoms with Gasteiger partial charge in [-0.05, 0) is 45.8 Å². The minimum absolute atomic E-state index is 0.0316. The molecule has 0 radical (unpaired) electrons. The lowest BCUT2D eigenvalue weighted by molar-refractivity contribution is 0.0952. The normalized spacial score (nSPS) is 10.7. The van der Waals surface area contributed by atoms with Gasteiger partial charge in [0.25, 0.3) is 5.91 Å². The van der Waals surface area contributed by atoms with Crippen LogP contribution in [0, 0.1) is 0 Å². The Hall–Kier alpha value is -2.54. The highest BCUT2D eigenvalue weighted by molar-refractivity contribution is 9.10. The summed E-state index contributed by atoms with van der Waals surface area (Å²) in [7, 11) is 3.89. The topological polar surface area (TPSA) is 85.2 Å². The third-order valence-corrected chi connectivity index (χ3v) is 3.69. The summed E-state index contributed by atoms with van der Waals surface area (Å²) in [5, 5.41) is 22.7. The molecule has 120 valence electrons. The molecule has 0 heterocycles. The molecule has 0 bridgehead atoms. The number of hydrogen-bond donors (Lipinski definition) is 3. The van der Waals surface area contributed by atoms with Crippen molar-refractivity contribution in [1.82, 2.24) is 5.43 Å². The molecule has 0 spiro atoms. The quantitative estimate of drug-likeness (QED) is 0.564. The maximum Gasteiger partial charge on any atom is 0.275 e. The predicted molar refractivity (Wildman–Crippen MR) is 93.3 cm³/mol. The van der Waals surface area contributed by atoms with Crippen molar-refractivity contribution in [3.63, 3.8) is 0 Å². The van der Waals surface area contributed by atoms with Gasteiger partial charge in [-0.25, -0.2) is 5.43 Å². The molecule has 0 aromatic heterocycles. The van der Waals surface area contributed by atoms with Crippen LogP contribution in [-0.2, 0) is 0 Å². The number of benzene rings is 2. The van der Waals surface area contributed by atoms with Gasteiger partial charge in [-0.15, -0.1) is 0 Å². The van der Waals surface area contributed by atoms with Crippen molar-refractivity contribution in [3.8, 4) is 11.5 Å². The lowest BCUT2D eigenvalue weighted by Crippen LogP contribution is -2.17. The molecule has 0 fully saturated rings. The van der Waals surface area contributed by atoms with Gasteiger partial charge in [0.1, 0.15) is 11.5 Å². The van der Waals surface area contributed by atoms with Crippen molar-refractivity contribution in [2.45, 2.75) is 0 Å². The summed E-state index contributed by atoms with van der Waals surface area (Å²) in [6.45, 7) is 0. The first-order valence-electron chi connectivity index (χ1n) is 6.70. The summed E-state index contributed by atoms with van der Waals surface area (Å²) >= 11 is 3.47. The van der Waals surface area contributed by atoms with Crippen LogP contribution in [0.25, 0.3) is 0 Å². The monoisotopic (exact) mass is 377 g/mol. The smallest absolute Gasteiger partial charge is 0.275 e. The number of carbonyl (C=O) groups excluding carboxylic acids is 1. The molecule has 0 saturated carbocycles. The average molecular weight is 378 g/mol. The standard InChI is InChI=1S/C16H16BrN3O3/c1-20(2)14-6-3-10(7-13(14)17)9-18-19-16(23)12-5-4-11(21)8-15(12)22/h3-9,21-22H,1-2H3,(H,19,23)/b18-9+. The lowest BCUT2D eigenvalue weighted by atomic mass is 10.2. The lowest BCUT2D eigenvalue weighted by Gasteiger charge is -2.14. The minimum Gasteiger partial charge on any atom is -0.508 e. The van der Waals surface area contributed by atoms with Gasteiger partial charge in [0.2, 0.25) is 0 Å². The van der Waals surface area contributed by atoms with Gasteiger partial charge in [-0.1, -0.05) is 6.07 Å². The number of rotatable bonds is 4. The third kappa shape index (κ3) is 4.23. The maximum atomic E-state index is 11.9. The van der Waals surface area contributed by atoms with Crippen molar-refractivity contribution < 1.29 is 15.0 Å². The number of nitrogens with zero attached hydrogens (tertiary/aromatic N) is 2. The van der Waals surface area contributed by atoms with Crippen LogP contribution < -0.4 is 10.3 Å². The molecular weight excluding hydrogens is 362 g/mol. The van der Waals surface area contributed by atoms with Crippen molar-refractivity contribution in [1.29, 1.82) is 0 Å². The summed E-state index contributed by atoms with van der Waals surface area (Å²) in [6, 6.07) is 9.40. The van der Waals surface area contributed by atoms with Crippen LogP contribution in [0.4, 0.5) is 5.69 Å². The van der Waals surface area contributed by atoms with Gasteiger partial charge < -0.3 is 15.1 Å². The molecule has 6 nitrogen and oxygen atoms in total. The molecule has 0 atom stereocenters. The molecule has 0 aliphatic rings. The fourth-order valence-electron chi connectivity index (χ4n) is 1.90. The molecule has 23 heavy (non-hydrogen) atoms. The summed E-state index contributed by atoms with van der Waals surface area (Å²) in [6.07, 6.45) is 1.50. The first-order valence-corrected chi connectivity index (χ1v) is 7.50. The minimum atomic E-state index is -0.567. The van der Waals surface area contributed by atoms with Crippen LogP contribution in [0.15, 0.2) is 46.0 Å². The number of hydrogen-bond acceptors (Lipinski definition) is 5. The first kappa shape index (κ1) is 16.8. The first-order chi connectivity index (χ1) is 10.9. The number of hydrazone groups is 1. The maximum absolute atomic E-state index is 11.9. The second-order valence-electron chi connectivity index (χ2n) is 5.01. The van der Waals surface area contributed by atoms with Crippen molar-refractivity contribution in [2.75, 3.05) is 19.0 Å². The molecule has 0 aliphatic heterocycles. The molecule has 0 aliphatic carbocycles. The zero-order chi connectivity index (χ0) is 17.0. The summed E-state index contributed by atoms with van der Waals surface area (Å²) < 4.78 is 0.911. The molecule has 7 heteroatoms. The van der Waals surface area contributed by atoms with E-state index >= 15 is 0 Å². The zero-order valence-corrected chi connectivity index (χ0v) is 14.2. The van der Waals surface area contributed by atoms with Gasteiger partial charge >= 0.3 is 0 Å². The number of phenolic OH excluding ortho intramolecular Hbond substituents is 2. The van der Waals surface area contributed by atoms with E-state index < -0.39 is 5.91 Å². The second kappa shape index (κ2) is 7.15. The van der Waals surface area contributed by atoms with E-state index in [9.17, 15) is 15.0 Å². The number of nitrogens with one attached hydrogen (secondary N) is 1. The summed E-state index contributed by atoms with van der Waals surface area (Å²) in [4.78, 5) is 13.9. The Labute approximate surface area is 142 Å². The number of aromatic hydroxyl groups is 2. The molecule has 1 amide bonds. The highest BCUT2D eigenvalue weighted by Gasteiger charge is 2.10. The summed E-state index contributed by atoms with van der Waals surface area (Å²) in [5.41, 5.74) is 4.19. The predicted octanol–water partition coefficient (Wildman–Crippen LogP) is 2.69. The van der Waals surface area contributed by atoms with E-state index in [1.807, 2.05) is 37.2 Å². The van der Waals surface area contributed by atoms with Crippen LogP contribution in [-0.4, -0.2) is 36.4 Å². The van der Waals surface area contributed by atoms with E-state index in [1.165, 1.54) is 18.3 Å². The number of anilines is 1. The van der Waals surface area contributed by atoms with Gasteiger partial charge in [-0.3, -0.25) is 4.79 Å². The van der Waals surface area contributed by atoms with E-state index in [4.69, 9.17) is 0 Å². The van der Waals surface area contributed by atoms with E-state index in [0.29, 0.717) is 0 Å². The zero-order valence-electron chi connectivity index (χ0n) is 12.6. The summed E-state index contributed by atoms with van der Waals surface area (Å²) in [5.74, 6) is -0.994. The Bertz CT molecular complexity index is 760. The fraction of sp³-hybridized carbons (Fsp3) is 0.125. The SMILES string of the molecule is CN(C)c1ccc(/C=N/NC(=O)c2ccc(O)cc2O)cc1Br. The van der Waals surface area contributed by atoms with Crippen molar-refractivity contribution in [3.05, 3.63) is 52.0 Å². The molecule has 0 unspecified atom stereocenters. The highest BCUT2D eigenvalue weighted by Crippen LogP contribution is 2.25. The van der Waals surface area contributed by atoms with E-state index in [2.05, 4.69) is 26.5 Å². The average Bonchev–Trinajstić information content (AvgIpc) is 2.46. The Morgan fingerprint density at radius 1 is 1.22 bits per heavy atom. The van der Waals surface area contributed by atoms with Crippen LogP contribution in [0.1, 0.15) is 15.9 Å². The Morgan fingerprint density at radius 3 is 2.57 bits per heavy atom. The van der Waals surface area contributed by atoms with Crippen LogP contribution in [0.2, 0.25) is 0 Å². The Kier molecular flexibility index (Phi) is 5.23. The molecule has 3 N–H and O–H groups in total. The van der Waals surface area contributed by atoms with Crippen molar-refractivity contribution in [2.24, 2.45) is 5.10 Å². The van der Waals surface area contributed by atoms with Gasteiger partial charge in [0, 0.05) is 24.6 Å². The van der Waals surface area contributed by atoms with Gasteiger partial charge in [0.15, 0.2) is 0 Å². The molecular formula is C16H16BrN3O3. The molecule has 2 aromatic rings. The fourth-order valence-corrected chi connectivity index (χ4v) is 2.65. The van der Waals surface area contributed by atoms with Gasteiger partial charge in [-0.2, -0.15) is 5.10 Å². The third-order valence-electron chi connectivity index (χ3n) is 3.06. The van der Waals surface area contributed by atoms with E-state index in [0.717, 1.165) is 21.8 Å². The number of carbonyl (C=O) groups is 1. The largest absolute Gasteiger partial charge is 0.508 e. The van der Waals surface area contributed by atoms with E-state index in [1.54, 1.807) is 0 Å². The number of amides is 1.